The summed E-state index contributed by atoms with van der Waals surface area (Å²) in [6, 6.07) is 5.50. The van der Waals surface area contributed by atoms with Gasteiger partial charge in [0, 0.05) is 0 Å². The zero-order chi connectivity index (χ0) is 12.4. The molecule has 16 heavy (non-hydrogen) atoms. The molecule has 0 aliphatic carbocycles. The predicted molar refractivity (Wildman–Crippen MR) is 59.7 cm³/mol. The number of benzene rings is 1. The second kappa shape index (κ2) is 4.51. The van der Waals surface area contributed by atoms with E-state index in [1.807, 2.05) is 0 Å². The van der Waals surface area contributed by atoms with E-state index in [0.717, 1.165) is 0 Å². The van der Waals surface area contributed by atoms with Gasteiger partial charge in [-0.15, -0.1) is 0 Å². The molecule has 1 rings (SSSR count). The van der Waals surface area contributed by atoms with Gasteiger partial charge in [-0.1, -0.05) is 19.1 Å². The van der Waals surface area contributed by atoms with Crippen LogP contribution in [0.25, 0.3) is 0 Å². The van der Waals surface area contributed by atoms with Gasteiger partial charge in [-0.05, 0) is 24.6 Å². The molecule has 0 amide bonds. The van der Waals surface area contributed by atoms with E-state index in [-0.39, 0.29) is 16.2 Å². The normalized spacial score (nSPS) is 15.8. The molecular weight excluding hydrogens is 231 g/mol. The van der Waals surface area contributed by atoms with Crippen LogP contribution in [0.3, 0.4) is 0 Å². The fourth-order valence-corrected chi connectivity index (χ4v) is 2.15. The zero-order valence-electron chi connectivity index (χ0n) is 9.27. The minimum absolute atomic E-state index is 0.0131. The highest BCUT2D eigenvalue weighted by atomic mass is 32.2. The van der Waals surface area contributed by atoms with E-state index in [0.29, 0.717) is 0 Å². The van der Waals surface area contributed by atoms with E-state index in [4.69, 9.17) is 5.11 Å². The van der Waals surface area contributed by atoms with Gasteiger partial charge in [0.15, 0.2) is 15.5 Å². The lowest BCUT2D eigenvalue weighted by Crippen LogP contribution is -2.20. The van der Waals surface area contributed by atoms with Crippen molar-refractivity contribution in [3.63, 3.8) is 0 Å². The van der Waals surface area contributed by atoms with Crippen LogP contribution < -0.4 is 0 Å². The summed E-state index contributed by atoms with van der Waals surface area (Å²) < 4.78 is 36.6. The largest absolute Gasteiger partial charge is 0.393 e. The number of hydrogen-bond donors (Lipinski definition) is 1. The van der Waals surface area contributed by atoms with Gasteiger partial charge in [-0.2, -0.15) is 0 Å². The third-order valence-electron chi connectivity index (χ3n) is 2.49. The first-order valence-corrected chi connectivity index (χ1v) is 6.62. The first-order chi connectivity index (χ1) is 7.33. The number of sulfone groups is 1. The van der Waals surface area contributed by atoms with Crippen LogP contribution >= 0.6 is 0 Å². The summed E-state index contributed by atoms with van der Waals surface area (Å²) in [6.07, 6.45) is 0. The summed E-state index contributed by atoms with van der Waals surface area (Å²) >= 11 is 0. The van der Waals surface area contributed by atoms with Crippen molar-refractivity contribution in [3.05, 3.63) is 29.8 Å². The van der Waals surface area contributed by atoms with Crippen LogP contribution in [0.1, 0.15) is 19.4 Å². The summed E-state index contributed by atoms with van der Waals surface area (Å²) in [4.78, 5) is 0.174. The van der Waals surface area contributed by atoms with E-state index >= 15 is 0 Å². The molecule has 1 atom stereocenters. The Balaban J connectivity index is 3.10. The average molecular weight is 246 g/mol. The maximum atomic E-state index is 13.7. The maximum absolute atomic E-state index is 13.7. The molecule has 1 unspecified atom stereocenters. The molecule has 1 aromatic carbocycles. The first-order valence-electron chi connectivity index (χ1n) is 4.96. The van der Waals surface area contributed by atoms with Crippen molar-refractivity contribution in [2.45, 2.75) is 24.4 Å². The molecule has 3 nitrogen and oxygen atoms in total. The van der Waals surface area contributed by atoms with Crippen molar-refractivity contribution < 1.29 is 17.9 Å². The Morgan fingerprint density at radius 3 is 2.19 bits per heavy atom. The number of alkyl halides is 1. The molecule has 0 spiro atoms. The summed E-state index contributed by atoms with van der Waals surface area (Å²) in [5.74, 6) is 0.0131. The molecule has 0 bridgehead atoms. The van der Waals surface area contributed by atoms with Crippen LogP contribution in [0, 0.1) is 0 Å². The summed E-state index contributed by atoms with van der Waals surface area (Å²) in [7, 11) is -3.25. The van der Waals surface area contributed by atoms with Crippen LogP contribution in [0.5, 0.6) is 0 Å². The third-order valence-corrected chi connectivity index (χ3v) is 4.24. The number of rotatable bonds is 4. The van der Waals surface area contributed by atoms with Crippen molar-refractivity contribution in [3.8, 4) is 0 Å². The number of aliphatic hydroxyl groups is 1. The Morgan fingerprint density at radius 2 is 1.81 bits per heavy atom. The van der Waals surface area contributed by atoms with Crippen LogP contribution in [-0.2, 0) is 15.5 Å². The van der Waals surface area contributed by atoms with E-state index in [1.54, 1.807) is 6.92 Å². The van der Waals surface area contributed by atoms with Gasteiger partial charge < -0.3 is 5.11 Å². The van der Waals surface area contributed by atoms with Gasteiger partial charge in [-0.3, -0.25) is 0 Å². The van der Waals surface area contributed by atoms with E-state index < -0.39 is 22.1 Å². The smallest absolute Gasteiger partial charge is 0.178 e. The van der Waals surface area contributed by atoms with Crippen molar-refractivity contribution >= 4 is 9.84 Å². The molecule has 1 N–H and O–H groups in total. The van der Waals surface area contributed by atoms with E-state index in [2.05, 4.69) is 0 Å². The lowest BCUT2D eigenvalue weighted by Gasteiger charge is -2.17. The van der Waals surface area contributed by atoms with Gasteiger partial charge in [0.1, 0.15) is 0 Å². The summed E-state index contributed by atoms with van der Waals surface area (Å²) in [5, 5.41) is 8.83. The monoisotopic (exact) mass is 246 g/mol. The van der Waals surface area contributed by atoms with E-state index in [1.165, 1.54) is 31.2 Å². The average Bonchev–Trinajstić information content (AvgIpc) is 2.29. The lowest BCUT2D eigenvalue weighted by atomic mass is 9.99. The Labute approximate surface area is 94.8 Å². The number of hydrogen-bond acceptors (Lipinski definition) is 3. The van der Waals surface area contributed by atoms with Gasteiger partial charge in [-0.25, -0.2) is 12.8 Å². The lowest BCUT2D eigenvalue weighted by molar-refractivity contribution is 0.0867. The molecule has 0 aliphatic heterocycles. The topological polar surface area (TPSA) is 54.4 Å². The molecule has 0 aliphatic rings. The maximum Gasteiger partial charge on any atom is 0.178 e. The molecule has 0 heterocycles. The minimum Gasteiger partial charge on any atom is -0.393 e. The molecular formula is C11H15FO3S. The van der Waals surface area contributed by atoms with Crippen molar-refractivity contribution in [2.24, 2.45) is 0 Å². The molecule has 0 saturated carbocycles. The molecule has 0 fully saturated rings. The van der Waals surface area contributed by atoms with Crippen molar-refractivity contribution in [2.75, 3.05) is 12.4 Å². The Kier molecular flexibility index (Phi) is 3.70. The Hall–Kier alpha value is -0.940. The zero-order valence-corrected chi connectivity index (χ0v) is 10.1. The van der Waals surface area contributed by atoms with Crippen molar-refractivity contribution in [1.29, 1.82) is 0 Å². The highest BCUT2D eigenvalue weighted by Gasteiger charge is 2.25. The quantitative estimate of drug-likeness (QED) is 0.879. The Bertz CT molecular complexity index is 449. The van der Waals surface area contributed by atoms with Crippen LogP contribution in [0.15, 0.2) is 29.2 Å². The van der Waals surface area contributed by atoms with Gasteiger partial charge >= 0.3 is 0 Å². The van der Waals surface area contributed by atoms with E-state index in [9.17, 15) is 12.8 Å². The number of aliphatic hydroxyl groups excluding tert-OH is 1. The van der Waals surface area contributed by atoms with Gasteiger partial charge in [0.05, 0.1) is 17.3 Å². The molecule has 5 heteroatoms. The standard InChI is InChI=1S/C11H15FO3S/c1-3-16(14,15)10-6-4-9(5-7-10)11(2,12)8-13/h4-7,13H,3,8H2,1-2H3. The highest BCUT2D eigenvalue weighted by Crippen LogP contribution is 2.25. The summed E-state index contributed by atoms with van der Waals surface area (Å²) in [6.45, 7) is 2.17. The second-order valence-electron chi connectivity index (χ2n) is 3.78. The SMILES string of the molecule is CCS(=O)(=O)c1ccc(C(C)(F)CO)cc1. The number of halogens is 1. The molecule has 0 saturated heterocycles. The second-order valence-corrected chi connectivity index (χ2v) is 6.06. The highest BCUT2D eigenvalue weighted by molar-refractivity contribution is 7.91. The van der Waals surface area contributed by atoms with Crippen LogP contribution in [-0.4, -0.2) is 25.9 Å². The molecule has 1 aromatic rings. The minimum atomic E-state index is -3.25. The van der Waals surface area contributed by atoms with Gasteiger partial charge in [0.25, 0.3) is 0 Å². The third kappa shape index (κ3) is 2.59. The molecule has 90 valence electrons. The van der Waals surface area contributed by atoms with Crippen molar-refractivity contribution in [1.82, 2.24) is 0 Å². The fraction of sp³-hybridized carbons (Fsp3) is 0.455. The predicted octanol–water partition coefficient (Wildman–Crippen LogP) is 1.66. The van der Waals surface area contributed by atoms with Crippen LogP contribution in [0.4, 0.5) is 4.39 Å². The summed E-state index contributed by atoms with van der Waals surface area (Å²) in [5.41, 5.74) is -1.57. The molecule has 0 aromatic heterocycles. The van der Waals surface area contributed by atoms with Crippen LogP contribution in [0.2, 0.25) is 0 Å². The molecule has 0 radical (unpaired) electrons. The first kappa shape index (κ1) is 13.1. The van der Waals surface area contributed by atoms with Gasteiger partial charge in [0.2, 0.25) is 0 Å². The Morgan fingerprint density at radius 1 is 1.31 bits per heavy atom. The fourth-order valence-electron chi connectivity index (χ4n) is 1.27.